The highest BCUT2D eigenvalue weighted by Crippen LogP contribution is 2.23. The van der Waals surface area contributed by atoms with Gasteiger partial charge in [0.2, 0.25) is 0 Å². The minimum atomic E-state index is -1.13. The van der Waals surface area contributed by atoms with E-state index in [1.54, 1.807) is 24.4 Å². The molecule has 0 fully saturated rings. The highest BCUT2D eigenvalue weighted by Gasteiger charge is 2.22. The Bertz CT molecular complexity index is 796. The third-order valence-corrected chi connectivity index (χ3v) is 3.03. The molecule has 0 aliphatic rings. The number of hydrogen-bond donors (Lipinski definition) is 1. The minimum absolute atomic E-state index is 0.116. The molecule has 2 heterocycles. The van der Waals surface area contributed by atoms with Gasteiger partial charge in [0, 0.05) is 6.20 Å². The van der Waals surface area contributed by atoms with E-state index in [2.05, 4.69) is 15.3 Å². The first-order valence-corrected chi connectivity index (χ1v) is 6.34. The first kappa shape index (κ1) is 13.0. The predicted molar refractivity (Wildman–Crippen MR) is 76.3 cm³/mol. The molecule has 0 unspecified atom stereocenters. The Hall–Kier alpha value is -3.02. The average Bonchev–Trinajstić information content (AvgIpc) is 2.93. The fourth-order valence-electron chi connectivity index (χ4n) is 2.10. The van der Waals surface area contributed by atoms with E-state index < -0.39 is 5.97 Å². The van der Waals surface area contributed by atoms with Gasteiger partial charge >= 0.3 is 5.97 Å². The standard InChI is InChI=1S/C15H12N4O2/c1-10-5-4-6-11(9-10)19-14(12-7-2-3-8-16-12)13(15(20)21)17-18-19/h2-9H,1H3,(H,20,21). The van der Waals surface area contributed by atoms with Crippen LogP contribution >= 0.6 is 0 Å². The van der Waals surface area contributed by atoms with Crippen LogP contribution in [-0.2, 0) is 0 Å². The normalized spacial score (nSPS) is 10.5. The van der Waals surface area contributed by atoms with Crippen molar-refractivity contribution in [3.8, 4) is 17.1 Å². The predicted octanol–water partition coefficient (Wildman–Crippen LogP) is 2.34. The Morgan fingerprint density at radius 3 is 2.71 bits per heavy atom. The number of carboxylic acid groups (broad SMARTS) is 1. The lowest BCUT2D eigenvalue weighted by Crippen LogP contribution is -2.04. The van der Waals surface area contributed by atoms with Gasteiger partial charge in [-0.3, -0.25) is 4.98 Å². The van der Waals surface area contributed by atoms with E-state index in [0.29, 0.717) is 11.4 Å². The quantitative estimate of drug-likeness (QED) is 0.796. The lowest BCUT2D eigenvalue weighted by molar-refractivity contribution is 0.0691. The van der Waals surface area contributed by atoms with Crippen LogP contribution in [0.3, 0.4) is 0 Å². The molecule has 2 aromatic heterocycles. The second-order valence-corrected chi connectivity index (χ2v) is 4.56. The molecule has 3 aromatic rings. The SMILES string of the molecule is Cc1cccc(-n2nnc(C(=O)O)c2-c2ccccn2)c1. The summed E-state index contributed by atoms with van der Waals surface area (Å²) in [5.41, 5.74) is 2.56. The van der Waals surface area contributed by atoms with Crippen molar-refractivity contribution < 1.29 is 9.90 Å². The zero-order chi connectivity index (χ0) is 14.8. The molecular weight excluding hydrogens is 268 g/mol. The van der Waals surface area contributed by atoms with Crippen molar-refractivity contribution in [1.82, 2.24) is 20.0 Å². The summed E-state index contributed by atoms with van der Waals surface area (Å²) in [6.07, 6.45) is 1.61. The van der Waals surface area contributed by atoms with Crippen LogP contribution < -0.4 is 0 Å². The molecule has 0 saturated carbocycles. The summed E-state index contributed by atoms with van der Waals surface area (Å²) in [5.74, 6) is -1.13. The molecule has 0 atom stereocenters. The Morgan fingerprint density at radius 1 is 1.19 bits per heavy atom. The first-order valence-electron chi connectivity index (χ1n) is 6.34. The fraction of sp³-hybridized carbons (Fsp3) is 0.0667. The van der Waals surface area contributed by atoms with E-state index in [4.69, 9.17) is 0 Å². The molecule has 0 bridgehead atoms. The molecule has 0 saturated heterocycles. The lowest BCUT2D eigenvalue weighted by atomic mass is 10.2. The van der Waals surface area contributed by atoms with Crippen LogP contribution in [0.4, 0.5) is 0 Å². The lowest BCUT2D eigenvalue weighted by Gasteiger charge is -2.07. The van der Waals surface area contributed by atoms with E-state index >= 15 is 0 Å². The maximum Gasteiger partial charge on any atom is 0.358 e. The number of carboxylic acids is 1. The van der Waals surface area contributed by atoms with Gasteiger partial charge in [-0.1, -0.05) is 23.4 Å². The Kier molecular flexibility index (Phi) is 3.19. The van der Waals surface area contributed by atoms with Crippen LogP contribution in [0.25, 0.3) is 17.1 Å². The van der Waals surface area contributed by atoms with Crippen LogP contribution in [0.15, 0.2) is 48.7 Å². The van der Waals surface area contributed by atoms with E-state index in [1.165, 1.54) is 4.68 Å². The monoisotopic (exact) mass is 280 g/mol. The van der Waals surface area contributed by atoms with Crippen LogP contribution in [0.2, 0.25) is 0 Å². The molecule has 0 spiro atoms. The second kappa shape index (κ2) is 5.16. The topological polar surface area (TPSA) is 80.9 Å². The Balaban J connectivity index is 2.25. The zero-order valence-electron chi connectivity index (χ0n) is 11.3. The average molecular weight is 280 g/mol. The van der Waals surface area contributed by atoms with E-state index in [-0.39, 0.29) is 5.69 Å². The summed E-state index contributed by atoms with van der Waals surface area (Å²) >= 11 is 0. The number of rotatable bonds is 3. The largest absolute Gasteiger partial charge is 0.476 e. The number of hydrogen-bond acceptors (Lipinski definition) is 4. The van der Waals surface area contributed by atoms with Gasteiger partial charge in [0.25, 0.3) is 0 Å². The van der Waals surface area contributed by atoms with Gasteiger partial charge in [0.1, 0.15) is 5.69 Å². The molecule has 0 amide bonds. The summed E-state index contributed by atoms with van der Waals surface area (Å²) in [6, 6.07) is 12.9. The number of aromatic nitrogens is 4. The number of pyridine rings is 1. The highest BCUT2D eigenvalue weighted by molar-refractivity contribution is 5.92. The molecule has 21 heavy (non-hydrogen) atoms. The molecule has 104 valence electrons. The number of aromatic carboxylic acids is 1. The van der Waals surface area contributed by atoms with Gasteiger partial charge in [0.15, 0.2) is 5.69 Å². The number of aryl methyl sites for hydroxylation is 1. The van der Waals surface area contributed by atoms with Crippen LogP contribution in [-0.4, -0.2) is 31.1 Å². The summed E-state index contributed by atoms with van der Waals surface area (Å²) in [4.78, 5) is 15.6. The van der Waals surface area contributed by atoms with Gasteiger partial charge in [-0.15, -0.1) is 5.10 Å². The molecule has 1 aromatic carbocycles. The van der Waals surface area contributed by atoms with Gasteiger partial charge in [-0.2, -0.15) is 0 Å². The zero-order valence-corrected chi connectivity index (χ0v) is 11.3. The van der Waals surface area contributed by atoms with Crippen molar-refractivity contribution in [3.05, 3.63) is 59.9 Å². The number of benzene rings is 1. The van der Waals surface area contributed by atoms with Gasteiger partial charge < -0.3 is 5.11 Å². The van der Waals surface area contributed by atoms with Crippen molar-refractivity contribution in [3.63, 3.8) is 0 Å². The van der Waals surface area contributed by atoms with Crippen molar-refractivity contribution in [2.24, 2.45) is 0 Å². The first-order chi connectivity index (χ1) is 10.2. The Morgan fingerprint density at radius 2 is 2.05 bits per heavy atom. The van der Waals surface area contributed by atoms with E-state index in [1.807, 2.05) is 31.2 Å². The molecule has 3 rings (SSSR count). The molecule has 0 radical (unpaired) electrons. The molecule has 6 nitrogen and oxygen atoms in total. The molecule has 6 heteroatoms. The smallest absolute Gasteiger partial charge is 0.358 e. The van der Waals surface area contributed by atoms with E-state index in [0.717, 1.165) is 11.3 Å². The van der Waals surface area contributed by atoms with Crippen molar-refractivity contribution in [1.29, 1.82) is 0 Å². The van der Waals surface area contributed by atoms with Crippen molar-refractivity contribution in [2.75, 3.05) is 0 Å². The van der Waals surface area contributed by atoms with Crippen LogP contribution in [0, 0.1) is 6.92 Å². The van der Waals surface area contributed by atoms with Crippen molar-refractivity contribution in [2.45, 2.75) is 6.92 Å². The maximum atomic E-state index is 11.4. The maximum absolute atomic E-state index is 11.4. The van der Waals surface area contributed by atoms with Crippen LogP contribution in [0.1, 0.15) is 16.1 Å². The van der Waals surface area contributed by atoms with Gasteiger partial charge in [0.05, 0.1) is 11.4 Å². The second-order valence-electron chi connectivity index (χ2n) is 4.56. The third kappa shape index (κ3) is 2.38. The highest BCUT2D eigenvalue weighted by atomic mass is 16.4. The number of nitrogens with zero attached hydrogens (tertiary/aromatic N) is 4. The van der Waals surface area contributed by atoms with Gasteiger partial charge in [-0.25, -0.2) is 9.48 Å². The van der Waals surface area contributed by atoms with E-state index in [9.17, 15) is 9.90 Å². The molecular formula is C15H12N4O2. The molecule has 0 aliphatic carbocycles. The summed E-state index contributed by atoms with van der Waals surface area (Å²) in [6.45, 7) is 1.96. The third-order valence-electron chi connectivity index (χ3n) is 3.03. The fourth-order valence-corrected chi connectivity index (χ4v) is 2.10. The number of carbonyl (C=O) groups is 1. The summed E-state index contributed by atoms with van der Waals surface area (Å²) in [7, 11) is 0. The minimum Gasteiger partial charge on any atom is -0.476 e. The molecule has 0 aliphatic heterocycles. The summed E-state index contributed by atoms with van der Waals surface area (Å²) in [5, 5.41) is 17.0. The molecule has 1 N–H and O–H groups in total. The Labute approximate surface area is 120 Å². The summed E-state index contributed by atoms with van der Waals surface area (Å²) < 4.78 is 1.50. The van der Waals surface area contributed by atoms with Crippen molar-refractivity contribution >= 4 is 5.97 Å². The van der Waals surface area contributed by atoms with Gasteiger partial charge in [-0.05, 0) is 36.8 Å². The van der Waals surface area contributed by atoms with Crippen LogP contribution in [0.5, 0.6) is 0 Å².